The van der Waals surface area contributed by atoms with Crippen LogP contribution >= 0.6 is 0 Å². The number of nitrogens with zero attached hydrogens (tertiary/aromatic N) is 2. The van der Waals surface area contributed by atoms with E-state index in [9.17, 15) is 5.11 Å². The van der Waals surface area contributed by atoms with Gasteiger partial charge >= 0.3 is 0 Å². The van der Waals surface area contributed by atoms with Gasteiger partial charge in [0.2, 0.25) is 0 Å². The molecule has 0 saturated carbocycles. The Balaban J connectivity index is 2.70. The third-order valence-electron chi connectivity index (χ3n) is 2.65. The minimum absolute atomic E-state index is 0.209. The number of hydrogen-bond acceptors (Lipinski definition) is 4. The SMILES string of the molecule is Cc1nonc1CC(C(C)C)C(C)O. The zero-order valence-electron chi connectivity index (χ0n) is 9.19. The molecule has 0 aliphatic heterocycles. The van der Waals surface area contributed by atoms with Gasteiger partial charge in [0, 0.05) is 6.42 Å². The van der Waals surface area contributed by atoms with Gasteiger partial charge in [0.1, 0.15) is 11.4 Å². The second-order valence-corrected chi connectivity index (χ2v) is 4.15. The van der Waals surface area contributed by atoms with Crippen LogP contribution in [-0.2, 0) is 6.42 Å². The van der Waals surface area contributed by atoms with Crippen molar-refractivity contribution in [3.8, 4) is 0 Å². The molecule has 0 radical (unpaired) electrons. The Bertz CT molecular complexity index is 273. The highest BCUT2D eigenvalue weighted by atomic mass is 16.6. The average molecular weight is 198 g/mol. The van der Waals surface area contributed by atoms with Crippen molar-refractivity contribution in [1.82, 2.24) is 10.3 Å². The molecule has 2 unspecified atom stereocenters. The second kappa shape index (κ2) is 4.55. The summed E-state index contributed by atoms with van der Waals surface area (Å²) in [7, 11) is 0. The van der Waals surface area contributed by atoms with Crippen molar-refractivity contribution < 1.29 is 9.74 Å². The van der Waals surface area contributed by atoms with Crippen molar-refractivity contribution in [2.75, 3.05) is 0 Å². The van der Waals surface area contributed by atoms with Gasteiger partial charge in [-0.2, -0.15) is 0 Å². The van der Waals surface area contributed by atoms with Crippen LogP contribution in [0.3, 0.4) is 0 Å². The fraction of sp³-hybridized carbons (Fsp3) is 0.800. The Morgan fingerprint density at radius 1 is 1.29 bits per heavy atom. The molecular weight excluding hydrogens is 180 g/mol. The third kappa shape index (κ3) is 2.54. The summed E-state index contributed by atoms with van der Waals surface area (Å²) in [5.41, 5.74) is 1.67. The number of hydrogen-bond donors (Lipinski definition) is 1. The molecule has 1 heterocycles. The molecule has 0 aliphatic rings. The van der Waals surface area contributed by atoms with E-state index in [1.165, 1.54) is 0 Å². The minimum Gasteiger partial charge on any atom is -0.393 e. The van der Waals surface area contributed by atoms with Gasteiger partial charge in [-0.3, -0.25) is 0 Å². The van der Waals surface area contributed by atoms with Crippen LogP contribution in [0.4, 0.5) is 0 Å². The third-order valence-corrected chi connectivity index (χ3v) is 2.65. The zero-order valence-corrected chi connectivity index (χ0v) is 9.19. The summed E-state index contributed by atoms with van der Waals surface area (Å²) in [6, 6.07) is 0. The largest absolute Gasteiger partial charge is 0.393 e. The average Bonchev–Trinajstić information content (AvgIpc) is 2.46. The van der Waals surface area contributed by atoms with Crippen LogP contribution in [-0.4, -0.2) is 21.5 Å². The molecule has 80 valence electrons. The summed E-state index contributed by atoms with van der Waals surface area (Å²) in [6.07, 6.45) is 0.399. The predicted octanol–water partition coefficient (Wildman–Crippen LogP) is 1.57. The molecule has 0 spiro atoms. The Labute approximate surface area is 84.3 Å². The number of aliphatic hydroxyl groups is 1. The Kier molecular flexibility index (Phi) is 3.63. The van der Waals surface area contributed by atoms with Crippen LogP contribution in [0, 0.1) is 18.8 Å². The van der Waals surface area contributed by atoms with Crippen LogP contribution in [0.1, 0.15) is 32.2 Å². The first-order chi connectivity index (χ1) is 6.52. The highest BCUT2D eigenvalue weighted by Gasteiger charge is 2.22. The molecule has 1 aromatic heterocycles. The molecule has 4 heteroatoms. The van der Waals surface area contributed by atoms with Gasteiger partial charge in [-0.1, -0.05) is 24.2 Å². The molecule has 4 nitrogen and oxygen atoms in total. The molecule has 1 aromatic rings. The molecule has 1 N–H and O–H groups in total. The molecule has 0 aromatic carbocycles. The lowest BCUT2D eigenvalue weighted by Gasteiger charge is -2.22. The van der Waals surface area contributed by atoms with Crippen molar-refractivity contribution in [1.29, 1.82) is 0 Å². The Morgan fingerprint density at radius 3 is 2.29 bits per heavy atom. The normalized spacial score (nSPS) is 15.9. The van der Waals surface area contributed by atoms with Crippen molar-refractivity contribution in [3.05, 3.63) is 11.4 Å². The number of rotatable bonds is 4. The molecular formula is C10H18N2O2. The van der Waals surface area contributed by atoms with Crippen molar-refractivity contribution in [2.24, 2.45) is 11.8 Å². The first-order valence-electron chi connectivity index (χ1n) is 4.98. The lowest BCUT2D eigenvalue weighted by molar-refractivity contribution is 0.0963. The van der Waals surface area contributed by atoms with Gasteiger partial charge in [0.25, 0.3) is 0 Å². The molecule has 2 atom stereocenters. The fourth-order valence-electron chi connectivity index (χ4n) is 1.62. The van der Waals surface area contributed by atoms with E-state index in [0.717, 1.165) is 17.8 Å². The smallest absolute Gasteiger partial charge is 0.108 e. The summed E-state index contributed by atoms with van der Waals surface area (Å²) in [4.78, 5) is 0. The van der Waals surface area contributed by atoms with E-state index < -0.39 is 0 Å². The maximum Gasteiger partial charge on any atom is 0.108 e. The first-order valence-corrected chi connectivity index (χ1v) is 4.98. The van der Waals surface area contributed by atoms with Gasteiger partial charge in [-0.05, 0) is 25.7 Å². The summed E-state index contributed by atoms with van der Waals surface area (Å²) in [5.74, 6) is 0.631. The van der Waals surface area contributed by atoms with E-state index >= 15 is 0 Å². The van der Waals surface area contributed by atoms with Crippen LogP contribution in [0.5, 0.6) is 0 Å². The quantitative estimate of drug-likeness (QED) is 0.797. The van der Waals surface area contributed by atoms with E-state index in [1.807, 2.05) is 13.8 Å². The Morgan fingerprint density at radius 2 is 1.93 bits per heavy atom. The lowest BCUT2D eigenvalue weighted by Crippen LogP contribution is -2.24. The van der Waals surface area contributed by atoms with Gasteiger partial charge in [-0.25, -0.2) is 4.63 Å². The van der Waals surface area contributed by atoms with E-state index in [1.54, 1.807) is 0 Å². The number of aromatic nitrogens is 2. The van der Waals surface area contributed by atoms with Crippen LogP contribution in [0.25, 0.3) is 0 Å². The van der Waals surface area contributed by atoms with Crippen molar-refractivity contribution in [3.63, 3.8) is 0 Å². The van der Waals surface area contributed by atoms with E-state index in [4.69, 9.17) is 0 Å². The lowest BCUT2D eigenvalue weighted by atomic mass is 9.86. The molecule has 1 rings (SSSR count). The van der Waals surface area contributed by atoms with Crippen molar-refractivity contribution in [2.45, 2.75) is 40.2 Å². The number of aliphatic hydroxyl groups excluding tert-OH is 1. The van der Waals surface area contributed by atoms with Crippen LogP contribution < -0.4 is 0 Å². The summed E-state index contributed by atoms with van der Waals surface area (Å²) in [5, 5.41) is 17.1. The van der Waals surface area contributed by atoms with Gasteiger partial charge in [0.05, 0.1) is 6.10 Å². The predicted molar refractivity (Wildman–Crippen MR) is 52.7 cm³/mol. The van der Waals surface area contributed by atoms with Gasteiger partial charge in [0.15, 0.2) is 0 Å². The van der Waals surface area contributed by atoms with Gasteiger partial charge in [-0.15, -0.1) is 0 Å². The fourth-order valence-corrected chi connectivity index (χ4v) is 1.62. The summed E-state index contributed by atoms with van der Waals surface area (Å²) >= 11 is 0. The monoisotopic (exact) mass is 198 g/mol. The number of aryl methyl sites for hydroxylation is 1. The summed E-state index contributed by atoms with van der Waals surface area (Å²) < 4.78 is 4.62. The molecule has 0 aliphatic carbocycles. The van der Waals surface area contributed by atoms with E-state index in [0.29, 0.717) is 5.92 Å². The molecule has 0 saturated heterocycles. The molecule has 0 bridgehead atoms. The van der Waals surface area contributed by atoms with E-state index in [-0.39, 0.29) is 12.0 Å². The van der Waals surface area contributed by atoms with E-state index in [2.05, 4.69) is 28.8 Å². The summed E-state index contributed by atoms with van der Waals surface area (Å²) in [6.45, 7) is 7.87. The molecule has 0 amide bonds. The van der Waals surface area contributed by atoms with Crippen LogP contribution in [0.15, 0.2) is 4.63 Å². The molecule has 14 heavy (non-hydrogen) atoms. The highest BCUT2D eigenvalue weighted by molar-refractivity contribution is 5.06. The maximum atomic E-state index is 9.59. The van der Waals surface area contributed by atoms with Crippen LogP contribution in [0.2, 0.25) is 0 Å². The minimum atomic E-state index is -0.328. The molecule has 0 fully saturated rings. The van der Waals surface area contributed by atoms with Gasteiger partial charge < -0.3 is 5.11 Å². The topological polar surface area (TPSA) is 59.2 Å². The Hall–Kier alpha value is -0.900. The van der Waals surface area contributed by atoms with Crippen molar-refractivity contribution >= 4 is 0 Å². The first kappa shape index (κ1) is 11.2. The highest BCUT2D eigenvalue weighted by Crippen LogP contribution is 2.20. The standard InChI is InChI=1S/C10H18N2O2/c1-6(2)9(8(4)13)5-10-7(3)11-14-12-10/h6,8-9,13H,5H2,1-4H3. The zero-order chi connectivity index (χ0) is 10.7. The maximum absolute atomic E-state index is 9.59. The second-order valence-electron chi connectivity index (χ2n) is 4.15.